The van der Waals surface area contributed by atoms with E-state index in [9.17, 15) is 17.6 Å². The Morgan fingerprint density at radius 1 is 1.27 bits per heavy atom. The molecule has 0 fully saturated rings. The van der Waals surface area contributed by atoms with E-state index in [0.29, 0.717) is 16.5 Å². The second-order valence-corrected chi connectivity index (χ2v) is 7.82. The number of hydrogen-bond donors (Lipinski definition) is 1. The van der Waals surface area contributed by atoms with E-state index in [1.165, 1.54) is 38.3 Å². The van der Waals surface area contributed by atoms with Crippen LogP contribution < -0.4 is 14.4 Å². The summed E-state index contributed by atoms with van der Waals surface area (Å²) in [5.74, 6) is -0.762. The lowest BCUT2D eigenvalue weighted by Gasteiger charge is -2.28. The van der Waals surface area contributed by atoms with E-state index >= 15 is 0 Å². The van der Waals surface area contributed by atoms with Crippen molar-refractivity contribution in [2.24, 2.45) is 0 Å². The molecule has 1 amide bonds. The summed E-state index contributed by atoms with van der Waals surface area (Å²) >= 11 is 6.02. The molecule has 2 rings (SSSR count). The van der Waals surface area contributed by atoms with Gasteiger partial charge in [0.15, 0.2) is 0 Å². The largest absolute Gasteiger partial charge is 0.495 e. The molecule has 0 unspecified atom stereocenters. The van der Waals surface area contributed by atoms with Crippen LogP contribution in [0.3, 0.4) is 0 Å². The average molecular weight is 401 g/mol. The molecule has 0 heterocycles. The van der Waals surface area contributed by atoms with Crippen LogP contribution in [0.1, 0.15) is 6.92 Å². The minimum absolute atomic E-state index is 0.0583. The SMILES string of the molecule is COc1ccc(NC(=O)[C@H](C)N(c2cccc(F)c2)S(C)(=O)=O)cc1Cl. The van der Waals surface area contributed by atoms with E-state index in [-0.39, 0.29) is 5.69 Å². The Balaban J connectivity index is 2.29. The third kappa shape index (κ3) is 4.64. The Morgan fingerprint density at radius 3 is 2.50 bits per heavy atom. The van der Waals surface area contributed by atoms with Crippen LogP contribution in [0.5, 0.6) is 5.75 Å². The number of halogens is 2. The van der Waals surface area contributed by atoms with Gasteiger partial charge in [-0.15, -0.1) is 0 Å². The smallest absolute Gasteiger partial charge is 0.247 e. The fourth-order valence-corrected chi connectivity index (χ4v) is 3.84. The number of benzene rings is 2. The molecule has 0 saturated heterocycles. The second-order valence-electron chi connectivity index (χ2n) is 5.55. The van der Waals surface area contributed by atoms with Crippen LogP contribution in [0.15, 0.2) is 42.5 Å². The van der Waals surface area contributed by atoms with Crippen molar-refractivity contribution in [1.82, 2.24) is 0 Å². The molecular formula is C17H18ClFN2O4S. The topological polar surface area (TPSA) is 75.7 Å². The number of ether oxygens (including phenoxy) is 1. The van der Waals surface area contributed by atoms with Crippen LogP contribution in [-0.4, -0.2) is 33.7 Å². The zero-order valence-electron chi connectivity index (χ0n) is 14.4. The van der Waals surface area contributed by atoms with Gasteiger partial charge in [0.25, 0.3) is 0 Å². The lowest BCUT2D eigenvalue weighted by molar-refractivity contribution is -0.116. The minimum atomic E-state index is -3.83. The van der Waals surface area contributed by atoms with Gasteiger partial charge in [-0.25, -0.2) is 12.8 Å². The molecule has 140 valence electrons. The van der Waals surface area contributed by atoms with Crippen molar-refractivity contribution < 1.29 is 22.3 Å². The highest BCUT2D eigenvalue weighted by Crippen LogP contribution is 2.28. The number of amides is 1. The van der Waals surface area contributed by atoms with Crippen molar-refractivity contribution in [3.8, 4) is 5.75 Å². The molecule has 1 N–H and O–H groups in total. The number of nitrogens with zero attached hydrogens (tertiary/aromatic N) is 1. The van der Waals surface area contributed by atoms with Crippen molar-refractivity contribution >= 4 is 38.9 Å². The first-order valence-electron chi connectivity index (χ1n) is 7.53. The summed E-state index contributed by atoms with van der Waals surface area (Å²) in [6, 6.07) is 8.54. The maximum atomic E-state index is 13.5. The fraction of sp³-hybridized carbons (Fsp3) is 0.235. The lowest BCUT2D eigenvalue weighted by Crippen LogP contribution is -2.45. The second kappa shape index (κ2) is 7.92. The number of sulfonamides is 1. The van der Waals surface area contributed by atoms with Crippen molar-refractivity contribution in [3.05, 3.63) is 53.3 Å². The van der Waals surface area contributed by atoms with Crippen LogP contribution >= 0.6 is 11.6 Å². The first-order valence-corrected chi connectivity index (χ1v) is 9.75. The monoisotopic (exact) mass is 400 g/mol. The fourth-order valence-electron chi connectivity index (χ4n) is 2.41. The van der Waals surface area contributed by atoms with Gasteiger partial charge in [0.2, 0.25) is 15.9 Å². The molecule has 0 aliphatic heterocycles. The lowest BCUT2D eigenvalue weighted by atomic mass is 10.2. The standard InChI is InChI=1S/C17H18ClFN2O4S/c1-11(17(22)20-13-7-8-16(25-2)15(18)10-13)21(26(3,23)24)14-6-4-5-12(19)9-14/h4-11H,1-3H3,(H,20,22)/t11-/m0/s1. The van der Waals surface area contributed by atoms with Crippen LogP contribution in [0.25, 0.3) is 0 Å². The predicted octanol–water partition coefficient (Wildman–Crippen LogP) is 3.28. The minimum Gasteiger partial charge on any atom is -0.495 e. The molecule has 0 aliphatic carbocycles. The molecule has 0 bridgehead atoms. The first kappa shape index (κ1) is 20.0. The van der Waals surface area contributed by atoms with Gasteiger partial charge in [-0.05, 0) is 43.3 Å². The molecule has 2 aromatic rings. The van der Waals surface area contributed by atoms with Gasteiger partial charge in [0.1, 0.15) is 17.6 Å². The number of carbonyl (C=O) groups is 1. The Hall–Kier alpha value is -2.32. The van der Waals surface area contributed by atoms with Crippen LogP contribution in [0.4, 0.5) is 15.8 Å². The summed E-state index contributed by atoms with van der Waals surface area (Å²) in [6.45, 7) is 1.41. The molecule has 0 spiro atoms. The third-order valence-electron chi connectivity index (χ3n) is 3.57. The van der Waals surface area contributed by atoms with E-state index in [4.69, 9.17) is 16.3 Å². The summed E-state index contributed by atoms with van der Waals surface area (Å²) < 4.78 is 43.7. The Morgan fingerprint density at radius 2 is 1.96 bits per heavy atom. The van der Waals surface area contributed by atoms with Crippen LogP contribution in [0, 0.1) is 5.82 Å². The van der Waals surface area contributed by atoms with Crippen LogP contribution in [0.2, 0.25) is 5.02 Å². The summed E-state index contributed by atoms with van der Waals surface area (Å²) in [6.07, 6.45) is 0.950. The highest BCUT2D eigenvalue weighted by molar-refractivity contribution is 7.92. The normalized spacial score (nSPS) is 12.3. The van der Waals surface area contributed by atoms with Crippen molar-refractivity contribution in [2.75, 3.05) is 23.0 Å². The van der Waals surface area contributed by atoms with Gasteiger partial charge < -0.3 is 10.1 Å². The molecule has 0 saturated carbocycles. The van der Waals surface area contributed by atoms with Gasteiger partial charge in [-0.2, -0.15) is 0 Å². The summed E-state index contributed by atoms with van der Waals surface area (Å²) in [5, 5.41) is 2.89. The summed E-state index contributed by atoms with van der Waals surface area (Å²) in [7, 11) is -2.37. The third-order valence-corrected chi connectivity index (χ3v) is 5.11. The van der Waals surface area contributed by atoms with E-state index in [1.54, 1.807) is 12.1 Å². The van der Waals surface area contributed by atoms with Gasteiger partial charge in [0.05, 0.1) is 24.1 Å². The Kier molecular flexibility index (Phi) is 6.09. The predicted molar refractivity (Wildman–Crippen MR) is 99.8 cm³/mol. The van der Waals surface area contributed by atoms with Gasteiger partial charge in [-0.1, -0.05) is 17.7 Å². The highest BCUT2D eigenvalue weighted by Gasteiger charge is 2.29. The quantitative estimate of drug-likeness (QED) is 0.807. The molecule has 0 aliphatic rings. The number of methoxy groups -OCH3 is 1. The molecular weight excluding hydrogens is 383 g/mol. The van der Waals surface area contributed by atoms with Crippen molar-refractivity contribution in [1.29, 1.82) is 0 Å². The number of carbonyl (C=O) groups excluding carboxylic acids is 1. The van der Waals surface area contributed by atoms with E-state index in [0.717, 1.165) is 16.6 Å². The maximum absolute atomic E-state index is 13.5. The summed E-state index contributed by atoms with van der Waals surface area (Å²) in [5.41, 5.74) is 0.434. The first-order chi connectivity index (χ1) is 12.1. The Labute approximate surface area is 156 Å². The van der Waals surface area contributed by atoms with Gasteiger partial charge in [0, 0.05) is 5.69 Å². The summed E-state index contributed by atoms with van der Waals surface area (Å²) in [4.78, 5) is 12.5. The molecule has 0 aromatic heterocycles. The number of hydrogen-bond acceptors (Lipinski definition) is 4. The van der Waals surface area contributed by atoms with E-state index in [2.05, 4.69) is 5.32 Å². The zero-order valence-corrected chi connectivity index (χ0v) is 15.9. The molecule has 1 atom stereocenters. The molecule has 9 heteroatoms. The number of anilines is 2. The van der Waals surface area contributed by atoms with Crippen LogP contribution in [-0.2, 0) is 14.8 Å². The van der Waals surface area contributed by atoms with Crippen molar-refractivity contribution in [2.45, 2.75) is 13.0 Å². The highest BCUT2D eigenvalue weighted by atomic mass is 35.5. The van der Waals surface area contributed by atoms with E-state index < -0.39 is 27.8 Å². The zero-order chi connectivity index (χ0) is 19.5. The van der Waals surface area contributed by atoms with Gasteiger partial charge in [-0.3, -0.25) is 9.10 Å². The molecule has 0 radical (unpaired) electrons. The maximum Gasteiger partial charge on any atom is 0.247 e. The van der Waals surface area contributed by atoms with Gasteiger partial charge >= 0.3 is 0 Å². The average Bonchev–Trinajstić information content (AvgIpc) is 2.54. The molecule has 26 heavy (non-hydrogen) atoms. The van der Waals surface area contributed by atoms with E-state index in [1.807, 2.05) is 0 Å². The Bertz CT molecular complexity index is 921. The number of nitrogens with one attached hydrogen (secondary N) is 1. The van der Waals surface area contributed by atoms with Crippen molar-refractivity contribution in [3.63, 3.8) is 0 Å². The number of rotatable bonds is 6. The molecule has 6 nitrogen and oxygen atoms in total. The molecule has 2 aromatic carbocycles.